The molecule has 0 spiro atoms. The van der Waals surface area contributed by atoms with E-state index in [1.807, 2.05) is 6.08 Å². The summed E-state index contributed by atoms with van der Waals surface area (Å²) in [5, 5.41) is 8.85. The average Bonchev–Trinajstić information content (AvgIpc) is 2.67. The first-order valence-corrected chi connectivity index (χ1v) is 5.42. The van der Waals surface area contributed by atoms with Gasteiger partial charge in [0.25, 0.3) is 0 Å². The highest BCUT2D eigenvalue weighted by Gasteiger charge is 2.16. The molecule has 0 aromatic carbocycles. The van der Waals surface area contributed by atoms with E-state index < -0.39 is 0 Å². The van der Waals surface area contributed by atoms with E-state index in [4.69, 9.17) is 9.84 Å². The van der Waals surface area contributed by atoms with Crippen molar-refractivity contribution in [1.82, 2.24) is 4.90 Å². The van der Waals surface area contributed by atoms with Crippen LogP contribution in [0.25, 0.3) is 0 Å². The first-order chi connectivity index (χ1) is 6.86. The molecule has 3 heteroatoms. The Bertz CT molecular complexity index is 155. The SMILES string of the molecule is C=CCN(CCO)CCC1CCCO1. The molecule has 1 atom stereocenters. The van der Waals surface area contributed by atoms with Gasteiger partial charge in [-0.05, 0) is 19.3 Å². The molecular formula is C11H21NO2. The predicted molar refractivity (Wildman–Crippen MR) is 57.3 cm³/mol. The van der Waals surface area contributed by atoms with Crippen LogP contribution >= 0.6 is 0 Å². The quantitative estimate of drug-likeness (QED) is 0.622. The lowest BCUT2D eigenvalue weighted by atomic mass is 10.2. The minimum absolute atomic E-state index is 0.222. The molecule has 0 amide bonds. The molecule has 1 unspecified atom stereocenters. The molecule has 1 aliphatic heterocycles. The summed E-state index contributed by atoms with van der Waals surface area (Å²) in [4.78, 5) is 2.20. The van der Waals surface area contributed by atoms with Gasteiger partial charge in [0.15, 0.2) is 0 Å². The summed E-state index contributed by atoms with van der Waals surface area (Å²) in [5.74, 6) is 0. The van der Waals surface area contributed by atoms with Gasteiger partial charge in [0, 0.05) is 26.2 Å². The van der Waals surface area contributed by atoms with E-state index in [9.17, 15) is 0 Å². The van der Waals surface area contributed by atoms with Crippen LogP contribution in [0.4, 0.5) is 0 Å². The Morgan fingerprint density at radius 3 is 2.93 bits per heavy atom. The van der Waals surface area contributed by atoms with E-state index in [2.05, 4.69) is 11.5 Å². The van der Waals surface area contributed by atoms with E-state index in [0.29, 0.717) is 6.10 Å². The third-order valence-electron chi connectivity index (χ3n) is 2.59. The molecule has 0 aromatic heterocycles. The molecular weight excluding hydrogens is 178 g/mol. The Balaban J connectivity index is 2.13. The topological polar surface area (TPSA) is 32.7 Å². The van der Waals surface area contributed by atoms with Gasteiger partial charge in [0.2, 0.25) is 0 Å². The minimum Gasteiger partial charge on any atom is -0.395 e. The molecule has 82 valence electrons. The molecule has 1 N–H and O–H groups in total. The zero-order chi connectivity index (χ0) is 10.2. The third-order valence-corrected chi connectivity index (χ3v) is 2.59. The molecule has 1 saturated heterocycles. The Morgan fingerprint density at radius 2 is 2.36 bits per heavy atom. The number of rotatable bonds is 7. The van der Waals surface area contributed by atoms with Crippen molar-refractivity contribution in [3.63, 3.8) is 0 Å². The normalized spacial score (nSPS) is 21.7. The lowest BCUT2D eigenvalue weighted by molar-refractivity contribution is 0.0905. The van der Waals surface area contributed by atoms with Gasteiger partial charge >= 0.3 is 0 Å². The molecule has 3 nitrogen and oxygen atoms in total. The van der Waals surface area contributed by atoms with Crippen LogP contribution in [0.15, 0.2) is 12.7 Å². The van der Waals surface area contributed by atoms with Crippen LogP contribution in [0, 0.1) is 0 Å². The summed E-state index contributed by atoms with van der Waals surface area (Å²) in [7, 11) is 0. The molecule has 0 saturated carbocycles. The number of nitrogens with zero attached hydrogens (tertiary/aromatic N) is 1. The van der Waals surface area contributed by atoms with Crippen LogP contribution in [0.5, 0.6) is 0 Å². The summed E-state index contributed by atoms with van der Waals surface area (Å²) in [6.07, 6.45) is 5.80. The Labute approximate surface area is 86.4 Å². The highest BCUT2D eigenvalue weighted by Crippen LogP contribution is 2.15. The number of aliphatic hydroxyl groups excluding tert-OH is 1. The van der Waals surface area contributed by atoms with Crippen molar-refractivity contribution < 1.29 is 9.84 Å². The van der Waals surface area contributed by atoms with Crippen molar-refractivity contribution in [1.29, 1.82) is 0 Å². The highest BCUT2D eigenvalue weighted by molar-refractivity contribution is 4.75. The zero-order valence-corrected chi connectivity index (χ0v) is 8.82. The molecule has 1 heterocycles. The van der Waals surface area contributed by atoms with Gasteiger partial charge < -0.3 is 9.84 Å². The molecule has 14 heavy (non-hydrogen) atoms. The van der Waals surface area contributed by atoms with E-state index in [1.54, 1.807) is 0 Å². The molecule has 0 radical (unpaired) electrons. The molecule has 0 aromatic rings. The smallest absolute Gasteiger partial charge is 0.0588 e. The predicted octanol–water partition coefficient (Wildman–Crippen LogP) is 1.04. The second-order valence-corrected chi connectivity index (χ2v) is 3.74. The second kappa shape index (κ2) is 6.98. The first-order valence-electron chi connectivity index (χ1n) is 5.42. The summed E-state index contributed by atoms with van der Waals surface area (Å²) in [5.41, 5.74) is 0. The van der Waals surface area contributed by atoms with Crippen molar-refractivity contribution in [2.75, 3.05) is 32.8 Å². The summed E-state index contributed by atoms with van der Waals surface area (Å²) < 4.78 is 5.54. The lowest BCUT2D eigenvalue weighted by Crippen LogP contribution is -2.30. The van der Waals surface area contributed by atoms with Crippen LogP contribution in [0.3, 0.4) is 0 Å². The Kier molecular flexibility index (Phi) is 5.83. The number of ether oxygens (including phenoxy) is 1. The maximum Gasteiger partial charge on any atom is 0.0588 e. The van der Waals surface area contributed by atoms with Crippen LogP contribution in [-0.4, -0.2) is 49.0 Å². The lowest BCUT2D eigenvalue weighted by Gasteiger charge is -2.20. The van der Waals surface area contributed by atoms with Gasteiger partial charge in [-0.15, -0.1) is 6.58 Å². The molecule has 0 bridgehead atoms. The fraction of sp³-hybridized carbons (Fsp3) is 0.818. The fourth-order valence-corrected chi connectivity index (χ4v) is 1.82. The zero-order valence-electron chi connectivity index (χ0n) is 8.82. The average molecular weight is 199 g/mol. The maximum atomic E-state index is 8.85. The van der Waals surface area contributed by atoms with Gasteiger partial charge in [0.1, 0.15) is 0 Å². The van der Waals surface area contributed by atoms with E-state index >= 15 is 0 Å². The Hall–Kier alpha value is -0.380. The largest absolute Gasteiger partial charge is 0.395 e. The van der Waals surface area contributed by atoms with Crippen molar-refractivity contribution in [2.45, 2.75) is 25.4 Å². The maximum absolute atomic E-state index is 8.85. The number of hydrogen-bond acceptors (Lipinski definition) is 3. The fourth-order valence-electron chi connectivity index (χ4n) is 1.82. The molecule has 1 aliphatic rings. The molecule has 1 fully saturated rings. The van der Waals surface area contributed by atoms with E-state index in [1.165, 1.54) is 12.8 Å². The van der Waals surface area contributed by atoms with E-state index in [0.717, 1.165) is 32.7 Å². The van der Waals surface area contributed by atoms with Crippen molar-refractivity contribution in [2.24, 2.45) is 0 Å². The third kappa shape index (κ3) is 4.22. The summed E-state index contributed by atoms with van der Waals surface area (Å²) >= 11 is 0. The van der Waals surface area contributed by atoms with Crippen molar-refractivity contribution in [3.8, 4) is 0 Å². The molecule has 1 rings (SSSR count). The van der Waals surface area contributed by atoms with Gasteiger partial charge in [0.05, 0.1) is 12.7 Å². The van der Waals surface area contributed by atoms with Gasteiger partial charge in [-0.1, -0.05) is 6.08 Å². The summed E-state index contributed by atoms with van der Waals surface area (Å²) in [6, 6.07) is 0. The van der Waals surface area contributed by atoms with E-state index in [-0.39, 0.29) is 6.61 Å². The van der Waals surface area contributed by atoms with Crippen molar-refractivity contribution in [3.05, 3.63) is 12.7 Å². The standard InChI is InChI=1S/C11H21NO2/c1-2-6-12(8-9-13)7-5-11-4-3-10-14-11/h2,11,13H,1,3-10H2. The monoisotopic (exact) mass is 199 g/mol. The van der Waals surface area contributed by atoms with Gasteiger partial charge in [-0.3, -0.25) is 4.90 Å². The Morgan fingerprint density at radius 1 is 1.50 bits per heavy atom. The van der Waals surface area contributed by atoms with Crippen LogP contribution in [0.2, 0.25) is 0 Å². The van der Waals surface area contributed by atoms with Gasteiger partial charge in [-0.2, -0.15) is 0 Å². The van der Waals surface area contributed by atoms with Crippen LogP contribution in [-0.2, 0) is 4.74 Å². The summed E-state index contributed by atoms with van der Waals surface area (Å²) in [6.45, 7) is 7.44. The molecule has 0 aliphatic carbocycles. The van der Waals surface area contributed by atoms with Gasteiger partial charge in [-0.25, -0.2) is 0 Å². The highest BCUT2D eigenvalue weighted by atomic mass is 16.5. The van der Waals surface area contributed by atoms with Crippen LogP contribution < -0.4 is 0 Å². The van der Waals surface area contributed by atoms with Crippen molar-refractivity contribution >= 4 is 0 Å². The number of hydrogen-bond donors (Lipinski definition) is 1. The number of aliphatic hydroxyl groups is 1. The minimum atomic E-state index is 0.222. The second-order valence-electron chi connectivity index (χ2n) is 3.74. The first kappa shape index (κ1) is 11.7. The van der Waals surface area contributed by atoms with Crippen LogP contribution in [0.1, 0.15) is 19.3 Å².